The van der Waals surface area contributed by atoms with Gasteiger partial charge in [-0.2, -0.15) is 5.26 Å². The number of carboxylic acid groups (broad SMARTS) is 1. The molecule has 1 unspecified atom stereocenters. The van der Waals surface area contributed by atoms with Gasteiger partial charge in [-0.3, -0.25) is 10.1 Å². The van der Waals surface area contributed by atoms with Crippen molar-refractivity contribution >= 4 is 11.7 Å². The van der Waals surface area contributed by atoms with Crippen LogP contribution >= 0.6 is 0 Å². The van der Waals surface area contributed by atoms with Gasteiger partial charge in [-0.05, 0) is 6.07 Å². The van der Waals surface area contributed by atoms with E-state index in [2.05, 4.69) is 0 Å². The van der Waals surface area contributed by atoms with Crippen LogP contribution in [0.1, 0.15) is 17.2 Å². The van der Waals surface area contributed by atoms with Gasteiger partial charge in [0.1, 0.15) is 17.4 Å². The molecule has 0 aromatic heterocycles. The van der Waals surface area contributed by atoms with Crippen LogP contribution in [-0.4, -0.2) is 28.2 Å². The first-order valence-corrected chi connectivity index (χ1v) is 4.59. The van der Waals surface area contributed by atoms with E-state index < -0.39 is 28.2 Å². The molecule has 94 valence electrons. The number of carbonyl (C=O) groups is 1. The summed E-state index contributed by atoms with van der Waals surface area (Å²) in [7, 11) is 1.25. The normalized spacial score (nSPS) is 11.4. The van der Waals surface area contributed by atoms with Crippen molar-refractivity contribution in [2.24, 2.45) is 0 Å². The maximum atomic E-state index is 10.8. The molecular formula is C10H8N2O6. The molecule has 0 aliphatic heterocycles. The van der Waals surface area contributed by atoms with E-state index in [-0.39, 0.29) is 11.3 Å². The average Bonchev–Trinajstić information content (AvgIpc) is 2.35. The van der Waals surface area contributed by atoms with Crippen molar-refractivity contribution in [3.05, 3.63) is 33.4 Å². The van der Waals surface area contributed by atoms with Crippen molar-refractivity contribution < 1.29 is 24.7 Å². The predicted molar refractivity (Wildman–Crippen MR) is 57.0 cm³/mol. The van der Waals surface area contributed by atoms with Gasteiger partial charge in [0.25, 0.3) is 5.69 Å². The standard InChI is InChI=1S/C10H8N2O6/c1-18-6-2-5(4-11)8(12(16)17)7(3-6)9(13)10(14)15/h2-3,9,13H,1H3,(H,14,15). The zero-order valence-electron chi connectivity index (χ0n) is 9.15. The maximum Gasteiger partial charge on any atom is 0.337 e. The van der Waals surface area contributed by atoms with E-state index in [1.165, 1.54) is 7.11 Å². The summed E-state index contributed by atoms with van der Waals surface area (Å²) >= 11 is 0. The van der Waals surface area contributed by atoms with E-state index in [9.17, 15) is 20.0 Å². The molecule has 0 heterocycles. The Labute approximate surface area is 101 Å². The van der Waals surface area contributed by atoms with Crippen LogP contribution in [0.3, 0.4) is 0 Å². The molecule has 0 saturated carbocycles. The van der Waals surface area contributed by atoms with Crippen molar-refractivity contribution in [3.8, 4) is 11.8 Å². The minimum absolute atomic E-state index is 0.0486. The molecule has 0 saturated heterocycles. The number of hydrogen-bond donors (Lipinski definition) is 2. The molecule has 0 aliphatic rings. The number of aliphatic hydroxyl groups is 1. The molecule has 18 heavy (non-hydrogen) atoms. The van der Waals surface area contributed by atoms with Crippen molar-refractivity contribution in [2.75, 3.05) is 7.11 Å². The average molecular weight is 252 g/mol. The fourth-order valence-corrected chi connectivity index (χ4v) is 1.38. The summed E-state index contributed by atoms with van der Waals surface area (Å²) in [5.41, 5.74) is -1.62. The Morgan fingerprint density at radius 2 is 2.22 bits per heavy atom. The highest BCUT2D eigenvalue weighted by atomic mass is 16.6. The number of benzene rings is 1. The molecule has 0 amide bonds. The molecule has 2 N–H and O–H groups in total. The third-order valence-corrected chi connectivity index (χ3v) is 2.18. The van der Waals surface area contributed by atoms with E-state index in [1.807, 2.05) is 0 Å². The maximum absolute atomic E-state index is 10.8. The van der Waals surface area contributed by atoms with Crippen LogP contribution in [0.5, 0.6) is 5.75 Å². The number of aliphatic carboxylic acids is 1. The number of nitrogens with zero attached hydrogens (tertiary/aromatic N) is 2. The van der Waals surface area contributed by atoms with Crippen LogP contribution in [0.4, 0.5) is 5.69 Å². The van der Waals surface area contributed by atoms with E-state index >= 15 is 0 Å². The summed E-state index contributed by atoms with van der Waals surface area (Å²) in [6, 6.07) is 3.67. The Morgan fingerprint density at radius 3 is 2.61 bits per heavy atom. The van der Waals surface area contributed by atoms with Gasteiger partial charge in [-0.1, -0.05) is 0 Å². The van der Waals surface area contributed by atoms with Crippen LogP contribution < -0.4 is 4.74 Å². The zero-order valence-corrected chi connectivity index (χ0v) is 9.15. The van der Waals surface area contributed by atoms with E-state index in [0.717, 1.165) is 12.1 Å². The Kier molecular flexibility index (Phi) is 3.81. The number of methoxy groups -OCH3 is 1. The minimum Gasteiger partial charge on any atom is -0.497 e. The third kappa shape index (κ3) is 2.36. The molecule has 0 aliphatic carbocycles. The highest BCUT2D eigenvalue weighted by Crippen LogP contribution is 2.33. The highest BCUT2D eigenvalue weighted by Gasteiger charge is 2.30. The summed E-state index contributed by atoms with van der Waals surface area (Å²) in [5.74, 6) is -1.61. The fraction of sp³-hybridized carbons (Fsp3) is 0.200. The quantitative estimate of drug-likeness (QED) is 0.591. The van der Waals surface area contributed by atoms with Crippen LogP contribution in [0, 0.1) is 21.4 Å². The first kappa shape index (κ1) is 13.4. The number of ether oxygens (including phenoxy) is 1. The van der Waals surface area contributed by atoms with Crippen LogP contribution in [0.25, 0.3) is 0 Å². The molecule has 1 aromatic carbocycles. The second-order valence-electron chi connectivity index (χ2n) is 3.22. The number of nitro groups is 1. The lowest BCUT2D eigenvalue weighted by Gasteiger charge is -2.09. The van der Waals surface area contributed by atoms with Gasteiger partial charge in [0.15, 0.2) is 6.10 Å². The number of hydrogen-bond acceptors (Lipinski definition) is 6. The third-order valence-electron chi connectivity index (χ3n) is 2.18. The SMILES string of the molecule is COc1cc(C#N)c([N+](=O)[O-])c(C(O)C(=O)O)c1. The van der Waals surface area contributed by atoms with Crippen LogP contribution in [-0.2, 0) is 4.79 Å². The lowest BCUT2D eigenvalue weighted by atomic mass is 10.0. The Hall–Kier alpha value is -2.66. The predicted octanol–water partition coefficient (Wildman–Crippen LogP) is 0.593. The molecule has 0 spiro atoms. The summed E-state index contributed by atoms with van der Waals surface area (Å²) in [4.78, 5) is 20.6. The molecule has 0 radical (unpaired) electrons. The topological polar surface area (TPSA) is 134 Å². The highest BCUT2D eigenvalue weighted by molar-refractivity contribution is 5.77. The summed E-state index contributed by atoms with van der Waals surface area (Å²) in [6.45, 7) is 0. The van der Waals surface area contributed by atoms with Gasteiger partial charge < -0.3 is 14.9 Å². The second kappa shape index (κ2) is 5.11. The summed E-state index contributed by atoms with van der Waals surface area (Å²) in [6.07, 6.45) is -2.10. The molecular weight excluding hydrogens is 244 g/mol. The number of aliphatic hydroxyl groups excluding tert-OH is 1. The van der Waals surface area contributed by atoms with Gasteiger partial charge in [0, 0.05) is 6.07 Å². The van der Waals surface area contributed by atoms with Crippen molar-refractivity contribution in [1.82, 2.24) is 0 Å². The molecule has 0 bridgehead atoms. The fourth-order valence-electron chi connectivity index (χ4n) is 1.38. The first-order chi connectivity index (χ1) is 8.42. The van der Waals surface area contributed by atoms with Crippen molar-refractivity contribution in [1.29, 1.82) is 5.26 Å². The molecule has 0 fully saturated rings. The van der Waals surface area contributed by atoms with E-state index in [4.69, 9.17) is 15.1 Å². The van der Waals surface area contributed by atoms with Gasteiger partial charge >= 0.3 is 5.97 Å². The Morgan fingerprint density at radius 1 is 1.61 bits per heavy atom. The van der Waals surface area contributed by atoms with Crippen molar-refractivity contribution in [2.45, 2.75) is 6.10 Å². The van der Waals surface area contributed by atoms with Gasteiger partial charge in [-0.15, -0.1) is 0 Å². The largest absolute Gasteiger partial charge is 0.497 e. The first-order valence-electron chi connectivity index (χ1n) is 4.59. The smallest absolute Gasteiger partial charge is 0.337 e. The lowest BCUT2D eigenvalue weighted by molar-refractivity contribution is -0.386. The van der Waals surface area contributed by atoms with E-state index in [1.54, 1.807) is 6.07 Å². The van der Waals surface area contributed by atoms with Crippen molar-refractivity contribution in [3.63, 3.8) is 0 Å². The zero-order chi connectivity index (χ0) is 13.9. The van der Waals surface area contributed by atoms with Gasteiger partial charge in [-0.25, -0.2) is 4.79 Å². The number of nitriles is 1. The van der Waals surface area contributed by atoms with Crippen LogP contribution in [0.15, 0.2) is 12.1 Å². The lowest BCUT2D eigenvalue weighted by Crippen LogP contribution is -2.13. The monoisotopic (exact) mass is 252 g/mol. The number of carboxylic acids is 1. The Balaban J connectivity index is 3.60. The number of rotatable bonds is 4. The molecule has 1 atom stereocenters. The second-order valence-corrected chi connectivity index (χ2v) is 3.22. The summed E-state index contributed by atoms with van der Waals surface area (Å²) in [5, 5.41) is 37.7. The van der Waals surface area contributed by atoms with E-state index in [0.29, 0.717) is 0 Å². The van der Waals surface area contributed by atoms with Gasteiger partial charge in [0.05, 0.1) is 17.6 Å². The van der Waals surface area contributed by atoms with Gasteiger partial charge in [0.2, 0.25) is 0 Å². The Bertz CT molecular complexity index is 548. The number of nitro benzene ring substituents is 1. The molecule has 8 heteroatoms. The molecule has 1 rings (SSSR count). The molecule has 1 aromatic rings. The summed E-state index contributed by atoms with van der Waals surface area (Å²) < 4.78 is 4.78. The minimum atomic E-state index is -2.10. The van der Waals surface area contributed by atoms with Crippen LogP contribution in [0.2, 0.25) is 0 Å². The molecule has 8 nitrogen and oxygen atoms in total.